The van der Waals surface area contributed by atoms with E-state index in [-0.39, 0.29) is 11.3 Å². The Balaban J connectivity index is 2.54. The Labute approximate surface area is 97.3 Å². The van der Waals surface area contributed by atoms with E-state index in [1.807, 2.05) is 4.90 Å². The lowest BCUT2D eigenvalue weighted by Gasteiger charge is -2.32. The van der Waals surface area contributed by atoms with E-state index < -0.39 is 0 Å². The Morgan fingerprint density at radius 1 is 1.53 bits per heavy atom. The van der Waals surface area contributed by atoms with Crippen molar-refractivity contribution < 1.29 is 4.79 Å². The molecule has 0 aromatic rings. The number of alkyl halides is 1. The zero-order valence-corrected chi connectivity index (χ0v) is 10.6. The van der Waals surface area contributed by atoms with E-state index in [0.717, 1.165) is 19.5 Å². The van der Waals surface area contributed by atoms with E-state index in [2.05, 4.69) is 26.8 Å². The molecule has 3 heteroatoms. The van der Waals surface area contributed by atoms with Crippen LogP contribution in [0.3, 0.4) is 0 Å². The van der Waals surface area contributed by atoms with E-state index in [9.17, 15) is 4.79 Å². The highest BCUT2D eigenvalue weighted by Gasteiger charge is 2.22. The van der Waals surface area contributed by atoms with Crippen LogP contribution in [0.5, 0.6) is 0 Å². The van der Waals surface area contributed by atoms with Gasteiger partial charge in [0.1, 0.15) is 0 Å². The molecule has 1 rings (SSSR count). The van der Waals surface area contributed by atoms with Crippen molar-refractivity contribution in [1.82, 2.24) is 4.90 Å². The summed E-state index contributed by atoms with van der Waals surface area (Å²) in [5.41, 5.74) is 1.69. The predicted molar refractivity (Wildman–Crippen MR) is 64.1 cm³/mol. The highest BCUT2D eigenvalue weighted by Crippen LogP contribution is 2.30. The van der Waals surface area contributed by atoms with Crippen LogP contribution in [-0.2, 0) is 4.79 Å². The average Bonchev–Trinajstić information content (AvgIpc) is 2.17. The number of carbonyl (C=O) groups is 1. The van der Waals surface area contributed by atoms with Crippen LogP contribution in [-0.4, -0.2) is 29.8 Å². The fourth-order valence-corrected chi connectivity index (χ4v) is 1.98. The maximum absolute atomic E-state index is 11.6. The fourth-order valence-electron chi connectivity index (χ4n) is 1.82. The molecule has 0 aromatic heterocycles. The van der Waals surface area contributed by atoms with E-state index in [0.29, 0.717) is 12.3 Å². The van der Waals surface area contributed by atoms with Gasteiger partial charge >= 0.3 is 0 Å². The standard InChI is InChI=1S/C12H20ClNO/c1-12(2,3)10-5-8-14(9-6-10)11(15)4-7-13/h5H,4,6-9H2,1-3H3. The summed E-state index contributed by atoms with van der Waals surface area (Å²) < 4.78 is 0. The van der Waals surface area contributed by atoms with Gasteiger partial charge in [-0.1, -0.05) is 32.4 Å². The third-order valence-corrected chi connectivity index (χ3v) is 3.02. The molecular weight excluding hydrogens is 210 g/mol. The Bertz CT molecular complexity index is 265. The van der Waals surface area contributed by atoms with Gasteiger partial charge in [0.25, 0.3) is 0 Å². The van der Waals surface area contributed by atoms with Gasteiger partial charge in [-0.15, -0.1) is 11.6 Å². The summed E-state index contributed by atoms with van der Waals surface area (Å²) in [5.74, 6) is 0.597. The van der Waals surface area contributed by atoms with Gasteiger partial charge < -0.3 is 4.90 Å². The third-order valence-electron chi connectivity index (χ3n) is 2.83. The van der Waals surface area contributed by atoms with E-state index in [4.69, 9.17) is 11.6 Å². The van der Waals surface area contributed by atoms with Crippen LogP contribution in [0.25, 0.3) is 0 Å². The highest BCUT2D eigenvalue weighted by atomic mass is 35.5. The van der Waals surface area contributed by atoms with E-state index in [1.165, 1.54) is 5.57 Å². The van der Waals surface area contributed by atoms with Crippen LogP contribution in [0.4, 0.5) is 0 Å². The molecule has 0 aliphatic carbocycles. The molecule has 0 spiro atoms. The lowest BCUT2D eigenvalue weighted by Crippen LogP contribution is -2.36. The molecule has 0 atom stereocenters. The molecule has 86 valence electrons. The molecule has 15 heavy (non-hydrogen) atoms. The Morgan fingerprint density at radius 3 is 2.60 bits per heavy atom. The summed E-state index contributed by atoms with van der Waals surface area (Å²) in [4.78, 5) is 13.5. The smallest absolute Gasteiger partial charge is 0.224 e. The second-order valence-corrected chi connectivity index (χ2v) is 5.39. The van der Waals surface area contributed by atoms with Gasteiger partial charge in [-0.05, 0) is 11.8 Å². The Morgan fingerprint density at radius 2 is 2.20 bits per heavy atom. The highest BCUT2D eigenvalue weighted by molar-refractivity contribution is 6.18. The van der Waals surface area contributed by atoms with Crippen molar-refractivity contribution in [2.24, 2.45) is 5.41 Å². The molecule has 0 fully saturated rings. The van der Waals surface area contributed by atoms with Crippen LogP contribution in [0, 0.1) is 5.41 Å². The summed E-state index contributed by atoms with van der Waals surface area (Å²) in [6, 6.07) is 0. The van der Waals surface area contributed by atoms with Crippen molar-refractivity contribution >= 4 is 17.5 Å². The molecule has 1 amide bonds. The molecule has 0 radical (unpaired) electrons. The number of rotatable bonds is 2. The second-order valence-electron chi connectivity index (χ2n) is 5.01. The number of hydrogen-bond acceptors (Lipinski definition) is 1. The normalized spacial score (nSPS) is 17.6. The summed E-state index contributed by atoms with van der Waals surface area (Å²) in [6.45, 7) is 8.25. The Hall–Kier alpha value is -0.500. The molecule has 0 saturated carbocycles. The van der Waals surface area contributed by atoms with Crippen molar-refractivity contribution in [3.8, 4) is 0 Å². The van der Waals surface area contributed by atoms with Crippen molar-refractivity contribution in [3.05, 3.63) is 11.6 Å². The first-order chi connectivity index (χ1) is 6.95. The lowest BCUT2D eigenvalue weighted by molar-refractivity contribution is -0.130. The SMILES string of the molecule is CC(C)(C)C1=CCN(C(=O)CCCl)CC1. The van der Waals surface area contributed by atoms with Crippen LogP contribution >= 0.6 is 11.6 Å². The molecule has 0 unspecified atom stereocenters. The van der Waals surface area contributed by atoms with Crippen molar-refractivity contribution in [2.45, 2.75) is 33.6 Å². The summed E-state index contributed by atoms with van der Waals surface area (Å²) in [5, 5.41) is 0. The van der Waals surface area contributed by atoms with Gasteiger partial charge in [-0.2, -0.15) is 0 Å². The zero-order valence-electron chi connectivity index (χ0n) is 9.85. The Kier molecular flexibility index (Phi) is 4.21. The minimum Gasteiger partial charge on any atom is -0.339 e. The monoisotopic (exact) mass is 229 g/mol. The first-order valence-corrected chi connectivity index (χ1v) is 6.02. The first-order valence-electron chi connectivity index (χ1n) is 5.48. The number of amides is 1. The molecule has 1 heterocycles. The maximum Gasteiger partial charge on any atom is 0.224 e. The molecule has 1 aliphatic rings. The van der Waals surface area contributed by atoms with Gasteiger partial charge in [-0.25, -0.2) is 0 Å². The summed E-state index contributed by atoms with van der Waals surface area (Å²) >= 11 is 5.55. The number of hydrogen-bond donors (Lipinski definition) is 0. The molecule has 0 bridgehead atoms. The maximum atomic E-state index is 11.6. The number of carbonyl (C=O) groups excluding carboxylic acids is 1. The van der Waals surface area contributed by atoms with Crippen molar-refractivity contribution in [3.63, 3.8) is 0 Å². The average molecular weight is 230 g/mol. The first kappa shape index (κ1) is 12.6. The fraction of sp³-hybridized carbons (Fsp3) is 0.750. The zero-order chi connectivity index (χ0) is 11.5. The van der Waals surface area contributed by atoms with E-state index in [1.54, 1.807) is 0 Å². The van der Waals surface area contributed by atoms with Crippen molar-refractivity contribution in [1.29, 1.82) is 0 Å². The quantitative estimate of drug-likeness (QED) is 0.527. The predicted octanol–water partition coefficient (Wildman–Crippen LogP) is 2.82. The number of nitrogens with zero attached hydrogens (tertiary/aromatic N) is 1. The van der Waals surface area contributed by atoms with Gasteiger partial charge in [0, 0.05) is 25.4 Å². The van der Waals surface area contributed by atoms with Crippen LogP contribution in [0.15, 0.2) is 11.6 Å². The minimum absolute atomic E-state index is 0.175. The molecule has 0 N–H and O–H groups in total. The molecule has 0 saturated heterocycles. The van der Waals surface area contributed by atoms with Crippen LogP contribution in [0.2, 0.25) is 0 Å². The molecule has 0 aromatic carbocycles. The second kappa shape index (κ2) is 5.02. The summed E-state index contributed by atoms with van der Waals surface area (Å²) in [7, 11) is 0. The summed E-state index contributed by atoms with van der Waals surface area (Å²) in [6.07, 6.45) is 3.65. The topological polar surface area (TPSA) is 20.3 Å². The largest absolute Gasteiger partial charge is 0.339 e. The molecular formula is C12H20ClNO. The van der Waals surface area contributed by atoms with Crippen molar-refractivity contribution in [2.75, 3.05) is 19.0 Å². The van der Waals surface area contributed by atoms with Gasteiger partial charge in [-0.3, -0.25) is 4.79 Å². The van der Waals surface area contributed by atoms with Crippen LogP contribution < -0.4 is 0 Å². The number of halogens is 1. The van der Waals surface area contributed by atoms with Gasteiger partial charge in [0.05, 0.1) is 0 Å². The third kappa shape index (κ3) is 3.53. The molecule has 2 nitrogen and oxygen atoms in total. The van der Waals surface area contributed by atoms with E-state index >= 15 is 0 Å². The minimum atomic E-state index is 0.175. The van der Waals surface area contributed by atoms with Crippen LogP contribution in [0.1, 0.15) is 33.6 Å². The van der Waals surface area contributed by atoms with Gasteiger partial charge in [0.2, 0.25) is 5.91 Å². The molecule has 1 aliphatic heterocycles. The van der Waals surface area contributed by atoms with Gasteiger partial charge in [0.15, 0.2) is 0 Å². The lowest BCUT2D eigenvalue weighted by atomic mass is 9.83.